The average Bonchev–Trinajstić information content (AvgIpc) is 3.18. The Morgan fingerprint density at radius 3 is 2.44 bits per heavy atom. The Morgan fingerprint density at radius 2 is 1.76 bits per heavy atom. The summed E-state index contributed by atoms with van der Waals surface area (Å²) in [4.78, 5) is 17.7. The first-order valence-corrected chi connectivity index (χ1v) is 11.4. The summed E-state index contributed by atoms with van der Waals surface area (Å²) in [7, 11) is 1.62. The van der Waals surface area contributed by atoms with Crippen molar-refractivity contribution in [3.63, 3.8) is 0 Å². The lowest BCUT2D eigenvalue weighted by atomic mass is 10.0. The van der Waals surface area contributed by atoms with Crippen LogP contribution in [0.25, 0.3) is 16.7 Å². The molecule has 0 saturated heterocycles. The number of anilines is 1. The molecule has 0 bridgehead atoms. The van der Waals surface area contributed by atoms with Gasteiger partial charge in [-0.2, -0.15) is 9.78 Å². The lowest BCUT2D eigenvalue weighted by Gasteiger charge is -2.16. The quantitative estimate of drug-likeness (QED) is 0.391. The van der Waals surface area contributed by atoms with E-state index in [-0.39, 0.29) is 5.91 Å². The average molecular weight is 459 g/mol. The molecule has 0 fully saturated rings. The van der Waals surface area contributed by atoms with Gasteiger partial charge in [-0.05, 0) is 62.1 Å². The van der Waals surface area contributed by atoms with Gasteiger partial charge in [-0.25, -0.2) is 4.98 Å². The number of ether oxygens (including phenoxy) is 2. The van der Waals surface area contributed by atoms with E-state index in [0.717, 1.165) is 22.2 Å². The number of methoxy groups -OCH3 is 1. The molecule has 1 N–H and O–H groups in total. The van der Waals surface area contributed by atoms with Crippen LogP contribution in [0.1, 0.15) is 43.5 Å². The SMILES string of the molecule is COc1cccc2c(C)cc(-n3nc(C)cc3NC(=O)C(C)Oc3ccc(C(C)C)cc3)nc12. The molecule has 1 amide bonds. The van der Waals surface area contributed by atoms with Gasteiger partial charge >= 0.3 is 0 Å². The Kier molecular flexibility index (Phi) is 6.54. The number of aromatic nitrogens is 3. The lowest BCUT2D eigenvalue weighted by molar-refractivity contribution is -0.122. The standard InChI is InChI=1S/C27H30N4O3/c1-16(2)20-10-12-21(13-11-20)34-19(5)27(32)29-25-15-18(4)30-31(25)24-14-17(3)22-8-7-9-23(33-6)26(22)28-24/h7-16,19H,1-6H3,(H,29,32). The minimum atomic E-state index is -0.694. The van der Waals surface area contributed by atoms with Crippen LogP contribution in [0.4, 0.5) is 5.82 Å². The number of carbonyl (C=O) groups is 1. The number of rotatable bonds is 7. The van der Waals surface area contributed by atoms with Crippen LogP contribution in [0.3, 0.4) is 0 Å². The minimum Gasteiger partial charge on any atom is -0.494 e. The van der Waals surface area contributed by atoms with Crippen molar-refractivity contribution >= 4 is 22.6 Å². The molecule has 4 aromatic rings. The van der Waals surface area contributed by atoms with Crippen LogP contribution < -0.4 is 14.8 Å². The highest BCUT2D eigenvalue weighted by atomic mass is 16.5. The van der Waals surface area contributed by atoms with Crippen LogP contribution >= 0.6 is 0 Å². The number of para-hydroxylation sites is 1. The third-order valence-electron chi connectivity index (χ3n) is 5.74. The highest BCUT2D eigenvalue weighted by Gasteiger charge is 2.19. The van der Waals surface area contributed by atoms with E-state index in [4.69, 9.17) is 14.5 Å². The molecule has 0 aliphatic heterocycles. The van der Waals surface area contributed by atoms with Crippen molar-refractivity contribution in [1.82, 2.24) is 14.8 Å². The molecule has 34 heavy (non-hydrogen) atoms. The number of carbonyl (C=O) groups excluding carboxylic acids is 1. The Bertz CT molecular complexity index is 1330. The summed E-state index contributed by atoms with van der Waals surface area (Å²) in [6, 6.07) is 17.4. The Balaban J connectivity index is 1.58. The summed E-state index contributed by atoms with van der Waals surface area (Å²) in [5.41, 5.74) is 3.75. The molecular formula is C27H30N4O3. The molecule has 0 spiro atoms. The molecule has 2 aromatic heterocycles. The first-order valence-electron chi connectivity index (χ1n) is 11.4. The third-order valence-corrected chi connectivity index (χ3v) is 5.74. The first kappa shape index (κ1) is 23.3. The van der Waals surface area contributed by atoms with Crippen molar-refractivity contribution in [2.24, 2.45) is 0 Å². The van der Waals surface area contributed by atoms with Gasteiger partial charge in [-0.1, -0.05) is 38.1 Å². The summed E-state index contributed by atoms with van der Waals surface area (Å²) in [6.45, 7) is 9.89. The van der Waals surface area contributed by atoms with Gasteiger partial charge in [0.15, 0.2) is 11.9 Å². The van der Waals surface area contributed by atoms with Crippen molar-refractivity contribution in [2.45, 2.75) is 46.6 Å². The molecule has 0 saturated carbocycles. The maximum absolute atomic E-state index is 12.9. The van der Waals surface area contributed by atoms with E-state index in [1.165, 1.54) is 5.56 Å². The van der Waals surface area contributed by atoms with E-state index in [2.05, 4.69) is 24.3 Å². The van der Waals surface area contributed by atoms with Crippen molar-refractivity contribution < 1.29 is 14.3 Å². The molecule has 2 heterocycles. The van der Waals surface area contributed by atoms with E-state index < -0.39 is 6.10 Å². The van der Waals surface area contributed by atoms with Crippen molar-refractivity contribution in [3.8, 4) is 17.3 Å². The van der Waals surface area contributed by atoms with Gasteiger partial charge in [0.25, 0.3) is 5.91 Å². The lowest BCUT2D eigenvalue weighted by Crippen LogP contribution is -2.31. The molecule has 0 aliphatic rings. The summed E-state index contributed by atoms with van der Waals surface area (Å²) < 4.78 is 13.0. The predicted molar refractivity (Wildman–Crippen MR) is 134 cm³/mol. The minimum absolute atomic E-state index is 0.274. The van der Waals surface area contributed by atoms with E-state index in [9.17, 15) is 4.79 Å². The molecule has 0 aliphatic carbocycles. The van der Waals surface area contributed by atoms with Gasteiger partial charge in [0.05, 0.1) is 12.8 Å². The van der Waals surface area contributed by atoms with Crippen molar-refractivity contribution in [1.29, 1.82) is 0 Å². The zero-order valence-corrected chi connectivity index (χ0v) is 20.4. The van der Waals surface area contributed by atoms with Crippen LogP contribution in [-0.2, 0) is 4.79 Å². The third kappa shape index (κ3) is 4.73. The van der Waals surface area contributed by atoms with Gasteiger partial charge in [-0.3, -0.25) is 4.79 Å². The zero-order chi connectivity index (χ0) is 24.4. The number of pyridine rings is 1. The maximum atomic E-state index is 12.9. The van der Waals surface area contributed by atoms with Gasteiger partial charge < -0.3 is 14.8 Å². The number of benzene rings is 2. The molecule has 7 heteroatoms. The smallest absolute Gasteiger partial charge is 0.266 e. The Labute approximate surface area is 199 Å². The van der Waals surface area contributed by atoms with Gasteiger partial charge in [0, 0.05) is 11.5 Å². The normalized spacial score (nSPS) is 12.1. The molecular weight excluding hydrogens is 428 g/mol. The van der Waals surface area contributed by atoms with E-state index in [1.807, 2.05) is 68.4 Å². The highest BCUT2D eigenvalue weighted by molar-refractivity contribution is 5.94. The molecule has 2 aromatic carbocycles. The summed E-state index contributed by atoms with van der Waals surface area (Å²) in [5, 5.41) is 8.51. The number of hydrogen-bond donors (Lipinski definition) is 1. The van der Waals surface area contributed by atoms with Crippen LogP contribution in [-0.4, -0.2) is 33.9 Å². The number of nitrogens with one attached hydrogen (secondary N) is 1. The number of fused-ring (bicyclic) bond motifs is 1. The second-order valence-electron chi connectivity index (χ2n) is 8.71. The van der Waals surface area contributed by atoms with Gasteiger partial charge in [-0.15, -0.1) is 0 Å². The number of nitrogens with zero attached hydrogens (tertiary/aromatic N) is 3. The van der Waals surface area contributed by atoms with E-state index in [1.54, 1.807) is 18.7 Å². The maximum Gasteiger partial charge on any atom is 0.266 e. The summed E-state index contributed by atoms with van der Waals surface area (Å²) >= 11 is 0. The molecule has 7 nitrogen and oxygen atoms in total. The predicted octanol–water partition coefficient (Wildman–Crippen LogP) is 5.58. The number of hydrogen-bond acceptors (Lipinski definition) is 5. The zero-order valence-electron chi connectivity index (χ0n) is 20.4. The summed E-state index contributed by atoms with van der Waals surface area (Å²) in [5.74, 6) is 2.61. The Hall–Kier alpha value is -3.87. The molecule has 1 atom stereocenters. The first-order chi connectivity index (χ1) is 16.3. The number of amides is 1. The van der Waals surface area contributed by atoms with Crippen LogP contribution in [0.15, 0.2) is 54.6 Å². The van der Waals surface area contributed by atoms with E-state index >= 15 is 0 Å². The largest absolute Gasteiger partial charge is 0.494 e. The van der Waals surface area contributed by atoms with E-state index in [0.29, 0.717) is 29.1 Å². The fourth-order valence-corrected chi connectivity index (χ4v) is 3.83. The molecule has 1 unspecified atom stereocenters. The molecule has 0 radical (unpaired) electrons. The fourth-order valence-electron chi connectivity index (χ4n) is 3.83. The molecule has 4 rings (SSSR count). The number of aryl methyl sites for hydroxylation is 2. The second kappa shape index (κ2) is 9.55. The van der Waals surface area contributed by atoms with Crippen LogP contribution in [0.2, 0.25) is 0 Å². The van der Waals surface area contributed by atoms with Gasteiger partial charge in [0.2, 0.25) is 0 Å². The summed E-state index contributed by atoms with van der Waals surface area (Å²) in [6.07, 6.45) is -0.694. The molecule has 176 valence electrons. The topological polar surface area (TPSA) is 78.3 Å². The monoisotopic (exact) mass is 458 g/mol. The van der Waals surface area contributed by atoms with Crippen LogP contribution in [0.5, 0.6) is 11.5 Å². The highest BCUT2D eigenvalue weighted by Crippen LogP contribution is 2.28. The van der Waals surface area contributed by atoms with Gasteiger partial charge in [0.1, 0.15) is 22.8 Å². The van der Waals surface area contributed by atoms with Crippen molar-refractivity contribution in [3.05, 3.63) is 71.4 Å². The second-order valence-corrected chi connectivity index (χ2v) is 8.71. The Morgan fingerprint density at radius 1 is 1.03 bits per heavy atom. The van der Waals surface area contributed by atoms with Crippen LogP contribution in [0, 0.1) is 13.8 Å². The fraction of sp³-hybridized carbons (Fsp3) is 0.296. The van der Waals surface area contributed by atoms with Crippen molar-refractivity contribution in [2.75, 3.05) is 12.4 Å².